The first-order valence-electron chi connectivity index (χ1n) is 8.23. The SMILES string of the molecule is Cc1noc(C)c1C(=Cn1cnc(-c2cc(CF)cc(C(F)(F)F)c2)n1)C(N)=O. The summed E-state index contributed by atoms with van der Waals surface area (Å²) in [4.78, 5) is 15.8. The lowest BCUT2D eigenvalue weighted by atomic mass is 10.1. The van der Waals surface area contributed by atoms with Gasteiger partial charge in [0.25, 0.3) is 5.91 Å². The normalized spacial score (nSPS) is 12.4. The number of alkyl halides is 4. The molecule has 0 saturated carbocycles. The highest BCUT2D eigenvalue weighted by Gasteiger charge is 2.31. The third-order valence-corrected chi connectivity index (χ3v) is 4.07. The summed E-state index contributed by atoms with van der Waals surface area (Å²) in [6.45, 7) is 2.14. The Morgan fingerprint density at radius 2 is 2.00 bits per heavy atom. The number of hydrogen-bond acceptors (Lipinski definition) is 5. The molecule has 29 heavy (non-hydrogen) atoms. The van der Waals surface area contributed by atoms with Gasteiger partial charge >= 0.3 is 6.18 Å². The first-order chi connectivity index (χ1) is 13.6. The van der Waals surface area contributed by atoms with Crippen LogP contribution in [-0.2, 0) is 17.6 Å². The van der Waals surface area contributed by atoms with Gasteiger partial charge in [0.05, 0.1) is 22.4 Å². The number of carbonyl (C=O) groups is 1. The fraction of sp³-hybridized carbons (Fsp3) is 0.222. The Labute approximate surface area is 161 Å². The number of halogens is 4. The molecule has 2 N–H and O–H groups in total. The first kappa shape index (κ1) is 20.2. The van der Waals surface area contributed by atoms with E-state index in [1.54, 1.807) is 13.8 Å². The second-order valence-electron chi connectivity index (χ2n) is 6.20. The van der Waals surface area contributed by atoms with E-state index in [0.29, 0.717) is 17.0 Å². The summed E-state index contributed by atoms with van der Waals surface area (Å²) in [6.07, 6.45) is -2.20. The minimum Gasteiger partial charge on any atom is -0.366 e. The molecule has 3 aromatic rings. The zero-order chi connectivity index (χ0) is 21.3. The second kappa shape index (κ2) is 7.49. The van der Waals surface area contributed by atoms with E-state index in [1.807, 2.05) is 0 Å². The lowest BCUT2D eigenvalue weighted by Crippen LogP contribution is -2.14. The van der Waals surface area contributed by atoms with Crippen LogP contribution in [0, 0.1) is 13.8 Å². The molecule has 0 bridgehead atoms. The molecular weight excluding hydrogens is 394 g/mol. The second-order valence-corrected chi connectivity index (χ2v) is 6.20. The van der Waals surface area contributed by atoms with Crippen molar-refractivity contribution in [3.05, 3.63) is 52.7 Å². The molecule has 11 heteroatoms. The summed E-state index contributed by atoms with van der Waals surface area (Å²) in [7, 11) is 0. The predicted octanol–water partition coefficient (Wildman–Crippen LogP) is 3.52. The molecule has 0 aliphatic heterocycles. The Morgan fingerprint density at radius 1 is 1.28 bits per heavy atom. The van der Waals surface area contributed by atoms with Gasteiger partial charge in [-0.3, -0.25) is 4.79 Å². The summed E-state index contributed by atoms with van der Waals surface area (Å²) in [6, 6.07) is 2.77. The first-order valence-corrected chi connectivity index (χ1v) is 8.23. The summed E-state index contributed by atoms with van der Waals surface area (Å²) in [5.74, 6) is -0.502. The predicted molar refractivity (Wildman–Crippen MR) is 94.6 cm³/mol. The molecule has 2 aromatic heterocycles. The molecular formula is C18H15F4N5O2. The minimum absolute atomic E-state index is 0.0161. The Hall–Kier alpha value is -3.50. The molecule has 3 rings (SSSR count). The summed E-state index contributed by atoms with van der Waals surface area (Å²) in [5, 5.41) is 7.81. The van der Waals surface area contributed by atoms with E-state index >= 15 is 0 Å². The molecule has 1 aromatic carbocycles. The molecule has 0 saturated heterocycles. The average molecular weight is 409 g/mol. The van der Waals surface area contributed by atoms with Crippen molar-refractivity contribution in [3.8, 4) is 11.4 Å². The fourth-order valence-corrected chi connectivity index (χ4v) is 2.78. The third kappa shape index (κ3) is 4.18. The lowest BCUT2D eigenvalue weighted by Gasteiger charge is -2.09. The van der Waals surface area contributed by atoms with Crippen molar-refractivity contribution in [2.24, 2.45) is 5.73 Å². The molecule has 7 nitrogen and oxygen atoms in total. The Morgan fingerprint density at radius 3 is 2.55 bits per heavy atom. The van der Waals surface area contributed by atoms with Crippen LogP contribution in [0.2, 0.25) is 0 Å². The number of carbonyl (C=O) groups excluding carboxylic acids is 1. The number of nitrogens with zero attached hydrogens (tertiary/aromatic N) is 4. The van der Waals surface area contributed by atoms with Gasteiger partial charge in [0.2, 0.25) is 0 Å². The van der Waals surface area contributed by atoms with E-state index in [9.17, 15) is 22.4 Å². The Kier molecular flexibility index (Phi) is 5.23. The van der Waals surface area contributed by atoms with Gasteiger partial charge < -0.3 is 10.3 Å². The standard InChI is InChI=1S/C18H15F4N5O2/c1-9-15(10(2)29-26-9)14(16(23)28)7-27-8-24-17(25-27)12-3-11(6-19)4-13(5-12)18(20,21)22/h3-5,7-8H,6H2,1-2H3,(H2,23,28). The number of primary amides is 1. The number of benzene rings is 1. The maximum absolute atomic E-state index is 13.1. The lowest BCUT2D eigenvalue weighted by molar-refractivity contribution is -0.137. The smallest absolute Gasteiger partial charge is 0.366 e. The van der Waals surface area contributed by atoms with Crippen LogP contribution in [0.15, 0.2) is 29.0 Å². The monoisotopic (exact) mass is 409 g/mol. The Balaban J connectivity index is 2.05. The molecule has 0 fully saturated rings. The van der Waals surface area contributed by atoms with Crippen molar-refractivity contribution in [1.82, 2.24) is 19.9 Å². The number of amides is 1. The molecule has 0 aliphatic carbocycles. The largest absolute Gasteiger partial charge is 0.416 e. The highest BCUT2D eigenvalue weighted by atomic mass is 19.4. The van der Waals surface area contributed by atoms with E-state index in [1.165, 1.54) is 18.6 Å². The van der Waals surface area contributed by atoms with Crippen LogP contribution in [0.1, 0.15) is 28.1 Å². The van der Waals surface area contributed by atoms with Gasteiger partial charge in [-0.25, -0.2) is 14.1 Å². The van der Waals surface area contributed by atoms with Crippen LogP contribution < -0.4 is 5.73 Å². The van der Waals surface area contributed by atoms with Crippen molar-refractivity contribution in [3.63, 3.8) is 0 Å². The van der Waals surface area contributed by atoms with Crippen LogP contribution in [0.3, 0.4) is 0 Å². The van der Waals surface area contributed by atoms with Crippen molar-refractivity contribution in [2.45, 2.75) is 26.7 Å². The van der Waals surface area contributed by atoms with E-state index < -0.39 is 24.3 Å². The van der Waals surface area contributed by atoms with Crippen molar-refractivity contribution < 1.29 is 26.9 Å². The van der Waals surface area contributed by atoms with Gasteiger partial charge in [-0.2, -0.15) is 13.2 Å². The molecule has 0 unspecified atom stereocenters. The van der Waals surface area contributed by atoms with Gasteiger partial charge in [-0.05, 0) is 37.6 Å². The number of aromatic nitrogens is 4. The van der Waals surface area contributed by atoms with Gasteiger partial charge in [0.15, 0.2) is 5.82 Å². The Bertz CT molecular complexity index is 1080. The molecule has 0 spiro atoms. The number of rotatable bonds is 5. The molecule has 0 aliphatic rings. The van der Waals surface area contributed by atoms with Crippen molar-refractivity contribution >= 4 is 17.7 Å². The van der Waals surface area contributed by atoms with Gasteiger partial charge in [-0.15, -0.1) is 5.10 Å². The van der Waals surface area contributed by atoms with E-state index in [2.05, 4.69) is 15.2 Å². The van der Waals surface area contributed by atoms with Crippen LogP contribution in [0.4, 0.5) is 17.6 Å². The fourth-order valence-electron chi connectivity index (χ4n) is 2.78. The molecule has 0 radical (unpaired) electrons. The van der Waals surface area contributed by atoms with E-state index in [4.69, 9.17) is 10.3 Å². The molecule has 152 valence electrons. The van der Waals surface area contributed by atoms with E-state index in [0.717, 1.165) is 16.8 Å². The highest BCUT2D eigenvalue weighted by Crippen LogP contribution is 2.33. The van der Waals surface area contributed by atoms with Gasteiger partial charge in [0, 0.05) is 11.8 Å². The summed E-state index contributed by atoms with van der Waals surface area (Å²) in [5.41, 5.74) is 5.09. The van der Waals surface area contributed by atoms with Gasteiger partial charge in [-0.1, -0.05) is 5.16 Å². The van der Waals surface area contributed by atoms with Gasteiger partial charge in [0.1, 0.15) is 18.8 Å². The number of aryl methyl sites for hydroxylation is 2. The third-order valence-electron chi connectivity index (χ3n) is 4.07. The summed E-state index contributed by atoms with van der Waals surface area (Å²) >= 11 is 0. The van der Waals surface area contributed by atoms with E-state index in [-0.39, 0.29) is 22.5 Å². The molecule has 1 amide bonds. The number of nitrogens with two attached hydrogens (primary N) is 1. The topological polar surface area (TPSA) is 99.8 Å². The van der Waals surface area contributed by atoms with Crippen LogP contribution in [0.25, 0.3) is 23.2 Å². The molecule has 2 heterocycles. The summed E-state index contributed by atoms with van der Waals surface area (Å²) < 4.78 is 58.3. The zero-order valence-corrected chi connectivity index (χ0v) is 15.3. The van der Waals surface area contributed by atoms with Crippen LogP contribution in [-0.4, -0.2) is 25.8 Å². The zero-order valence-electron chi connectivity index (χ0n) is 15.3. The maximum Gasteiger partial charge on any atom is 0.416 e. The quantitative estimate of drug-likeness (QED) is 0.513. The van der Waals surface area contributed by atoms with Crippen molar-refractivity contribution in [1.29, 1.82) is 0 Å². The number of hydrogen-bond donors (Lipinski definition) is 1. The van der Waals surface area contributed by atoms with Crippen molar-refractivity contribution in [2.75, 3.05) is 0 Å². The minimum atomic E-state index is -4.65. The molecule has 0 atom stereocenters. The average Bonchev–Trinajstić information content (AvgIpc) is 3.25. The van der Waals surface area contributed by atoms with Crippen LogP contribution in [0.5, 0.6) is 0 Å². The maximum atomic E-state index is 13.1. The van der Waals surface area contributed by atoms with Crippen LogP contribution >= 0.6 is 0 Å². The highest BCUT2D eigenvalue weighted by molar-refractivity contribution is 6.22.